The highest BCUT2D eigenvalue weighted by atomic mass is 79.9. The molecule has 3 nitrogen and oxygen atoms in total. The molecule has 2 heterocycles. The highest BCUT2D eigenvalue weighted by Gasteiger charge is 2.34. The van der Waals surface area contributed by atoms with Crippen LogP contribution in [0.25, 0.3) is 0 Å². The van der Waals surface area contributed by atoms with Crippen LogP contribution in [-0.2, 0) is 6.54 Å². The molecule has 19 heavy (non-hydrogen) atoms. The van der Waals surface area contributed by atoms with Crippen molar-refractivity contribution < 1.29 is 5.11 Å². The van der Waals surface area contributed by atoms with Crippen LogP contribution in [0.1, 0.15) is 31.2 Å². The first kappa shape index (κ1) is 13.4. The zero-order valence-corrected chi connectivity index (χ0v) is 12.7. The fourth-order valence-corrected chi connectivity index (χ4v) is 3.84. The molecular formula is C15H21BrN2O. The molecule has 0 amide bonds. The lowest BCUT2D eigenvalue weighted by Crippen LogP contribution is -2.44. The molecule has 0 spiro atoms. The average molecular weight is 325 g/mol. The number of benzene rings is 1. The van der Waals surface area contributed by atoms with Crippen LogP contribution < -0.4 is 5.32 Å². The monoisotopic (exact) mass is 324 g/mol. The Labute approximate surface area is 123 Å². The van der Waals surface area contributed by atoms with Gasteiger partial charge in [-0.15, -0.1) is 0 Å². The van der Waals surface area contributed by atoms with E-state index >= 15 is 0 Å². The Morgan fingerprint density at radius 2 is 2.16 bits per heavy atom. The third-order valence-corrected chi connectivity index (χ3v) is 5.12. The van der Waals surface area contributed by atoms with Crippen LogP contribution >= 0.6 is 15.9 Å². The minimum Gasteiger partial charge on any atom is -0.506 e. The Bertz CT molecular complexity index is 452. The Morgan fingerprint density at radius 3 is 3.05 bits per heavy atom. The lowest BCUT2D eigenvalue weighted by Gasteiger charge is -2.32. The summed E-state index contributed by atoms with van der Waals surface area (Å²) in [6.07, 6.45) is 5.28. The van der Waals surface area contributed by atoms with Crippen molar-refractivity contribution in [1.82, 2.24) is 10.2 Å². The number of hydrogen-bond acceptors (Lipinski definition) is 3. The van der Waals surface area contributed by atoms with Crippen LogP contribution in [0.5, 0.6) is 5.75 Å². The topological polar surface area (TPSA) is 35.5 Å². The Kier molecular flexibility index (Phi) is 4.10. The SMILES string of the molecule is Oc1c(Br)cccc1CNC1CCN2CCCCC12. The molecule has 104 valence electrons. The molecule has 0 bridgehead atoms. The number of nitrogens with one attached hydrogen (secondary N) is 1. The van der Waals surface area contributed by atoms with Gasteiger partial charge in [-0.25, -0.2) is 0 Å². The molecule has 4 heteroatoms. The number of aromatic hydroxyl groups is 1. The first-order valence-electron chi connectivity index (χ1n) is 7.19. The van der Waals surface area contributed by atoms with Gasteiger partial charge in [-0.3, -0.25) is 4.90 Å². The summed E-state index contributed by atoms with van der Waals surface area (Å²) in [6.45, 7) is 3.25. The van der Waals surface area contributed by atoms with Crippen molar-refractivity contribution in [2.24, 2.45) is 0 Å². The predicted octanol–water partition coefficient (Wildman–Crippen LogP) is 2.87. The summed E-state index contributed by atoms with van der Waals surface area (Å²) in [5, 5.41) is 13.6. The molecule has 0 aliphatic carbocycles. The summed E-state index contributed by atoms with van der Waals surface area (Å²) in [6, 6.07) is 7.13. The lowest BCUT2D eigenvalue weighted by atomic mass is 9.99. The maximum Gasteiger partial charge on any atom is 0.134 e. The van der Waals surface area contributed by atoms with Gasteiger partial charge >= 0.3 is 0 Å². The third-order valence-electron chi connectivity index (χ3n) is 4.48. The molecule has 1 aromatic rings. The molecule has 0 saturated carbocycles. The van der Waals surface area contributed by atoms with Gasteiger partial charge < -0.3 is 10.4 Å². The number of fused-ring (bicyclic) bond motifs is 1. The summed E-state index contributed by atoms with van der Waals surface area (Å²) in [5.74, 6) is 0.369. The normalized spacial score (nSPS) is 27.4. The molecule has 2 unspecified atom stereocenters. The molecule has 2 aliphatic rings. The molecule has 0 radical (unpaired) electrons. The zero-order chi connectivity index (χ0) is 13.2. The second kappa shape index (κ2) is 5.81. The number of hydrogen-bond donors (Lipinski definition) is 2. The first-order valence-corrected chi connectivity index (χ1v) is 7.99. The minimum absolute atomic E-state index is 0.369. The van der Waals surface area contributed by atoms with Crippen molar-refractivity contribution in [3.8, 4) is 5.75 Å². The second-order valence-electron chi connectivity index (χ2n) is 5.62. The van der Waals surface area contributed by atoms with E-state index in [1.54, 1.807) is 0 Å². The summed E-state index contributed by atoms with van der Waals surface area (Å²) >= 11 is 3.37. The van der Waals surface area contributed by atoms with Gasteiger partial charge in [0.15, 0.2) is 0 Å². The minimum atomic E-state index is 0.369. The second-order valence-corrected chi connectivity index (χ2v) is 6.48. The fourth-order valence-electron chi connectivity index (χ4n) is 3.43. The van der Waals surface area contributed by atoms with E-state index in [1.807, 2.05) is 18.2 Å². The summed E-state index contributed by atoms with van der Waals surface area (Å²) < 4.78 is 0.775. The van der Waals surface area contributed by atoms with Gasteiger partial charge in [0.2, 0.25) is 0 Å². The van der Waals surface area contributed by atoms with Crippen molar-refractivity contribution in [1.29, 1.82) is 0 Å². The van der Waals surface area contributed by atoms with Crippen LogP contribution in [0.4, 0.5) is 0 Å². The van der Waals surface area contributed by atoms with E-state index in [9.17, 15) is 5.11 Å². The van der Waals surface area contributed by atoms with Crippen molar-refractivity contribution in [3.63, 3.8) is 0 Å². The van der Waals surface area contributed by atoms with E-state index in [4.69, 9.17) is 0 Å². The van der Waals surface area contributed by atoms with Crippen LogP contribution in [0, 0.1) is 0 Å². The van der Waals surface area contributed by atoms with Gasteiger partial charge in [0.25, 0.3) is 0 Å². The molecule has 2 atom stereocenters. The highest BCUT2D eigenvalue weighted by molar-refractivity contribution is 9.10. The summed E-state index contributed by atoms with van der Waals surface area (Å²) in [4.78, 5) is 2.63. The maximum atomic E-state index is 10.0. The van der Waals surface area contributed by atoms with Crippen LogP contribution in [0.15, 0.2) is 22.7 Å². The Morgan fingerprint density at radius 1 is 1.26 bits per heavy atom. The van der Waals surface area contributed by atoms with E-state index in [1.165, 1.54) is 38.8 Å². The average Bonchev–Trinajstić information content (AvgIpc) is 2.84. The maximum absolute atomic E-state index is 10.0. The van der Waals surface area contributed by atoms with E-state index in [-0.39, 0.29) is 0 Å². The first-order chi connectivity index (χ1) is 9.25. The number of rotatable bonds is 3. The molecule has 2 aliphatic heterocycles. The predicted molar refractivity (Wildman–Crippen MR) is 80.3 cm³/mol. The molecule has 0 aromatic heterocycles. The lowest BCUT2D eigenvalue weighted by molar-refractivity contribution is 0.180. The number of piperidine rings is 1. The number of phenols is 1. The molecular weight excluding hydrogens is 304 g/mol. The van der Waals surface area contributed by atoms with Crippen molar-refractivity contribution in [2.45, 2.75) is 44.3 Å². The zero-order valence-electron chi connectivity index (χ0n) is 11.1. The molecule has 3 rings (SSSR count). The van der Waals surface area contributed by atoms with Crippen molar-refractivity contribution in [3.05, 3.63) is 28.2 Å². The van der Waals surface area contributed by atoms with Crippen LogP contribution in [0.2, 0.25) is 0 Å². The number of para-hydroxylation sites is 1. The highest BCUT2D eigenvalue weighted by Crippen LogP contribution is 2.29. The van der Waals surface area contributed by atoms with Gasteiger partial charge in [-0.1, -0.05) is 18.6 Å². The Balaban J connectivity index is 1.62. The standard InChI is InChI=1S/C15H21BrN2O/c16-12-5-3-4-11(15(12)19)10-17-13-7-9-18-8-2-1-6-14(13)18/h3-5,13-14,17,19H,1-2,6-10H2. The Hall–Kier alpha value is -0.580. The molecule has 2 N–H and O–H groups in total. The summed E-state index contributed by atoms with van der Waals surface area (Å²) in [7, 11) is 0. The number of phenolic OH excluding ortho intramolecular Hbond substituents is 1. The van der Waals surface area contributed by atoms with Crippen LogP contribution in [0.3, 0.4) is 0 Å². The van der Waals surface area contributed by atoms with Gasteiger partial charge in [-0.2, -0.15) is 0 Å². The van der Waals surface area contributed by atoms with Gasteiger partial charge in [0.05, 0.1) is 4.47 Å². The van der Waals surface area contributed by atoms with Crippen molar-refractivity contribution >= 4 is 15.9 Å². The smallest absolute Gasteiger partial charge is 0.134 e. The van der Waals surface area contributed by atoms with Gasteiger partial charge in [-0.05, 0) is 47.8 Å². The molecule has 2 saturated heterocycles. The van der Waals surface area contributed by atoms with E-state index in [0.29, 0.717) is 17.8 Å². The van der Waals surface area contributed by atoms with E-state index in [2.05, 4.69) is 26.1 Å². The van der Waals surface area contributed by atoms with Gasteiger partial charge in [0, 0.05) is 30.7 Å². The summed E-state index contributed by atoms with van der Waals surface area (Å²) in [5.41, 5.74) is 0.976. The third kappa shape index (κ3) is 2.81. The number of halogens is 1. The molecule has 2 fully saturated rings. The van der Waals surface area contributed by atoms with E-state index in [0.717, 1.165) is 16.6 Å². The van der Waals surface area contributed by atoms with Crippen LogP contribution in [-0.4, -0.2) is 35.2 Å². The quantitative estimate of drug-likeness (QED) is 0.897. The number of nitrogens with zero attached hydrogens (tertiary/aromatic N) is 1. The van der Waals surface area contributed by atoms with Gasteiger partial charge in [0.1, 0.15) is 5.75 Å². The molecule has 1 aromatic carbocycles. The largest absolute Gasteiger partial charge is 0.506 e. The van der Waals surface area contributed by atoms with E-state index < -0.39 is 0 Å². The van der Waals surface area contributed by atoms with Crippen molar-refractivity contribution in [2.75, 3.05) is 13.1 Å². The fraction of sp³-hybridized carbons (Fsp3) is 0.600.